The van der Waals surface area contributed by atoms with Crippen LogP contribution in [0.25, 0.3) is 23.0 Å². The summed E-state index contributed by atoms with van der Waals surface area (Å²) in [6, 6.07) is 19.0. The number of phenols is 1. The molecule has 0 aliphatic rings. The third-order valence-electron chi connectivity index (χ3n) is 5.16. The number of imidazole rings is 1. The zero-order chi connectivity index (χ0) is 23.4. The maximum absolute atomic E-state index is 12.7. The molecule has 0 atom stereocenters. The number of hydrogen-bond donors (Lipinski definition) is 2. The van der Waals surface area contributed by atoms with Crippen LogP contribution in [0.1, 0.15) is 15.9 Å². The van der Waals surface area contributed by atoms with Crippen LogP contribution in [0.3, 0.4) is 0 Å². The lowest BCUT2D eigenvalue weighted by Gasteiger charge is -2.04. The topological polar surface area (TPSA) is 93.5 Å². The van der Waals surface area contributed by atoms with Crippen LogP contribution in [0.4, 0.5) is 0 Å². The van der Waals surface area contributed by atoms with Crippen LogP contribution in [0.5, 0.6) is 17.2 Å². The second-order valence-corrected chi connectivity index (χ2v) is 7.25. The molecule has 0 saturated carbocycles. The molecule has 0 radical (unpaired) electrons. The normalized spacial score (nSPS) is 11.0. The minimum atomic E-state index is -0.308. The van der Waals surface area contributed by atoms with Crippen LogP contribution >= 0.6 is 0 Å². The van der Waals surface area contributed by atoms with E-state index in [2.05, 4.69) is 4.98 Å². The zero-order valence-corrected chi connectivity index (χ0v) is 18.1. The molecule has 0 unspecified atom stereocenters. The van der Waals surface area contributed by atoms with Crippen molar-refractivity contribution in [2.45, 2.75) is 0 Å². The van der Waals surface area contributed by atoms with Gasteiger partial charge in [-0.2, -0.15) is 0 Å². The molecule has 0 saturated heterocycles. The van der Waals surface area contributed by atoms with Gasteiger partial charge in [0.15, 0.2) is 17.3 Å². The van der Waals surface area contributed by atoms with Gasteiger partial charge in [0.25, 0.3) is 0 Å². The summed E-state index contributed by atoms with van der Waals surface area (Å²) < 4.78 is 11.7. The number of phenolic OH excluding ortho intramolecular Hbond substituents is 1. The quantitative estimate of drug-likeness (QED) is 0.326. The first-order chi connectivity index (χ1) is 16.0. The summed E-state index contributed by atoms with van der Waals surface area (Å²) in [5.41, 5.74) is 2.90. The summed E-state index contributed by atoms with van der Waals surface area (Å²) in [4.78, 5) is 28.1. The maximum atomic E-state index is 12.7. The summed E-state index contributed by atoms with van der Waals surface area (Å²) in [6.07, 6.45) is 4.78. The van der Waals surface area contributed by atoms with Gasteiger partial charge < -0.3 is 19.6 Å². The standard InChI is InChI=1S/C26H22N2O5/c1-32-21-10-8-18(9-11-21)22-16-28(26(31)27-22)20-5-3-4-19(15-20)23(29)12-6-17-7-13-24(30)25(14-17)33-2/h3-16,30H,1-2H3,(H,27,31). The Labute approximate surface area is 190 Å². The van der Waals surface area contributed by atoms with Gasteiger partial charge in [-0.25, -0.2) is 4.79 Å². The Morgan fingerprint density at radius 1 is 1.00 bits per heavy atom. The van der Waals surface area contributed by atoms with E-state index in [0.717, 1.165) is 11.3 Å². The largest absolute Gasteiger partial charge is 0.504 e. The minimum absolute atomic E-state index is 0.0274. The lowest BCUT2D eigenvalue weighted by molar-refractivity contribution is 0.104. The van der Waals surface area contributed by atoms with Crippen molar-refractivity contribution in [3.05, 3.63) is 101 Å². The van der Waals surface area contributed by atoms with E-state index in [4.69, 9.17) is 9.47 Å². The fraction of sp³-hybridized carbons (Fsp3) is 0.0769. The summed E-state index contributed by atoms with van der Waals surface area (Å²) in [6.45, 7) is 0. The highest BCUT2D eigenvalue weighted by Gasteiger charge is 2.10. The van der Waals surface area contributed by atoms with E-state index in [0.29, 0.717) is 28.3 Å². The van der Waals surface area contributed by atoms with Crippen molar-refractivity contribution in [3.8, 4) is 34.2 Å². The number of ether oxygens (including phenoxy) is 2. The van der Waals surface area contributed by atoms with Crippen LogP contribution in [-0.4, -0.2) is 34.7 Å². The van der Waals surface area contributed by atoms with Gasteiger partial charge >= 0.3 is 5.69 Å². The predicted octanol–water partition coefficient (Wildman–Crippen LogP) is 4.45. The Kier molecular flexibility index (Phi) is 6.13. The molecule has 0 aliphatic heterocycles. The number of aromatic amines is 1. The molecule has 7 nitrogen and oxygen atoms in total. The Morgan fingerprint density at radius 2 is 1.79 bits per heavy atom. The molecule has 1 aromatic heterocycles. The third-order valence-corrected chi connectivity index (χ3v) is 5.16. The Bertz CT molecular complexity index is 1380. The van der Waals surface area contributed by atoms with E-state index in [1.165, 1.54) is 23.8 Å². The summed E-state index contributed by atoms with van der Waals surface area (Å²) >= 11 is 0. The Balaban J connectivity index is 1.58. The first kappa shape index (κ1) is 21.7. The summed E-state index contributed by atoms with van der Waals surface area (Å²) in [5.74, 6) is 0.860. The van der Waals surface area contributed by atoms with E-state index >= 15 is 0 Å². The van der Waals surface area contributed by atoms with Crippen molar-refractivity contribution >= 4 is 11.9 Å². The minimum Gasteiger partial charge on any atom is -0.504 e. The molecular weight excluding hydrogens is 420 g/mol. The number of nitrogens with zero attached hydrogens (tertiary/aromatic N) is 1. The van der Waals surface area contributed by atoms with Gasteiger partial charge in [-0.05, 0) is 65.7 Å². The fourth-order valence-electron chi connectivity index (χ4n) is 3.38. The van der Waals surface area contributed by atoms with Gasteiger partial charge in [-0.15, -0.1) is 0 Å². The van der Waals surface area contributed by atoms with Gasteiger partial charge in [0.2, 0.25) is 0 Å². The number of methoxy groups -OCH3 is 2. The number of aromatic hydroxyl groups is 1. The maximum Gasteiger partial charge on any atom is 0.330 e. The lowest BCUT2D eigenvalue weighted by atomic mass is 10.1. The van der Waals surface area contributed by atoms with Crippen molar-refractivity contribution in [3.63, 3.8) is 0 Å². The summed E-state index contributed by atoms with van der Waals surface area (Å²) in [7, 11) is 3.06. The SMILES string of the molecule is COc1ccc(-c2cn(-c3cccc(C(=O)C=Cc4ccc(O)c(OC)c4)c3)c(=O)[nH]2)cc1. The molecule has 4 aromatic rings. The van der Waals surface area contributed by atoms with Crippen LogP contribution < -0.4 is 15.2 Å². The number of H-pyrrole nitrogens is 1. The van der Waals surface area contributed by atoms with Gasteiger partial charge in [0.05, 0.1) is 25.6 Å². The molecular formula is C26H22N2O5. The van der Waals surface area contributed by atoms with Crippen molar-refractivity contribution < 1.29 is 19.4 Å². The molecule has 4 rings (SSSR count). The van der Waals surface area contributed by atoms with Crippen LogP contribution in [0, 0.1) is 0 Å². The van der Waals surface area contributed by atoms with E-state index in [9.17, 15) is 14.7 Å². The van der Waals surface area contributed by atoms with Crippen LogP contribution in [0.15, 0.2) is 83.8 Å². The van der Waals surface area contributed by atoms with Crippen molar-refractivity contribution in [2.75, 3.05) is 14.2 Å². The van der Waals surface area contributed by atoms with E-state index in [-0.39, 0.29) is 17.2 Å². The number of aromatic nitrogens is 2. The smallest absolute Gasteiger partial charge is 0.330 e. The monoisotopic (exact) mass is 442 g/mol. The Morgan fingerprint density at radius 3 is 2.52 bits per heavy atom. The highest BCUT2D eigenvalue weighted by molar-refractivity contribution is 6.07. The molecule has 33 heavy (non-hydrogen) atoms. The van der Waals surface area contributed by atoms with Gasteiger partial charge in [0, 0.05) is 11.8 Å². The first-order valence-electron chi connectivity index (χ1n) is 10.1. The fourth-order valence-corrected chi connectivity index (χ4v) is 3.38. The third kappa shape index (κ3) is 4.72. The second kappa shape index (κ2) is 9.32. The number of allylic oxidation sites excluding steroid dienone is 1. The van der Waals surface area contributed by atoms with Gasteiger partial charge in [0.1, 0.15) is 5.75 Å². The van der Waals surface area contributed by atoms with E-state index in [1.807, 2.05) is 24.3 Å². The molecule has 166 valence electrons. The number of hydrogen-bond acceptors (Lipinski definition) is 5. The number of benzene rings is 3. The predicted molar refractivity (Wildman–Crippen MR) is 126 cm³/mol. The Hall–Kier alpha value is -4.52. The van der Waals surface area contributed by atoms with E-state index in [1.54, 1.807) is 55.8 Å². The van der Waals surface area contributed by atoms with Gasteiger partial charge in [-0.1, -0.05) is 24.3 Å². The summed E-state index contributed by atoms with van der Waals surface area (Å²) in [5, 5.41) is 9.70. The molecule has 1 heterocycles. The average Bonchev–Trinajstić information content (AvgIpc) is 3.25. The number of rotatable bonds is 7. The van der Waals surface area contributed by atoms with Gasteiger partial charge in [-0.3, -0.25) is 9.36 Å². The number of nitrogens with one attached hydrogen (secondary N) is 1. The number of ketones is 1. The van der Waals surface area contributed by atoms with Crippen LogP contribution in [0.2, 0.25) is 0 Å². The molecule has 0 spiro atoms. The number of carbonyl (C=O) groups is 1. The lowest BCUT2D eigenvalue weighted by Crippen LogP contribution is -2.14. The molecule has 0 amide bonds. The average molecular weight is 442 g/mol. The van der Waals surface area contributed by atoms with E-state index < -0.39 is 0 Å². The zero-order valence-electron chi connectivity index (χ0n) is 18.1. The van der Waals surface area contributed by atoms with Crippen molar-refractivity contribution in [1.29, 1.82) is 0 Å². The highest BCUT2D eigenvalue weighted by atomic mass is 16.5. The van der Waals surface area contributed by atoms with Crippen molar-refractivity contribution in [1.82, 2.24) is 9.55 Å². The molecule has 0 aliphatic carbocycles. The second-order valence-electron chi connectivity index (χ2n) is 7.25. The molecule has 7 heteroatoms. The number of carbonyl (C=O) groups excluding carboxylic acids is 1. The molecule has 2 N–H and O–H groups in total. The van der Waals surface area contributed by atoms with Crippen LogP contribution in [-0.2, 0) is 0 Å². The first-order valence-corrected chi connectivity index (χ1v) is 10.1. The van der Waals surface area contributed by atoms with Crippen molar-refractivity contribution in [2.24, 2.45) is 0 Å². The highest BCUT2D eigenvalue weighted by Crippen LogP contribution is 2.27. The molecule has 0 fully saturated rings. The molecule has 3 aromatic carbocycles. The molecule has 0 bridgehead atoms.